The van der Waals surface area contributed by atoms with E-state index in [2.05, 4.69) is 11.9 Å². The molecule has 1 aromatic carbocycles. The molecule has 2 atom stereocenters. The van der Waals surface area contributed by atoms with Crippen molar-refractivity contribution < 1.29 is 22.7 Å². The number of sulfonamides is 1. The molecular formula is C21H34ClN3O5S. The maximum Gasteiger partial charge on any atom is 0.243 e. The lowest BCUT2D eigenvalue weighted by molar-refractivity contribution is -0.119. The lowest BCUT2D eigenvalue weighted by atomic mass is 9.99. The topological polar surface area (TPSA) is 79.4 Å². The molecule has 2 fully saturated rings. The number of piperidine rings is 1. The Hall–Kier alpha value is -1.23. The van der Waals surface area contributed by atoms with Gasteiger partial charge in [-0.25, -0.2) is 8.42 Å². The third-order valence-electron chi connectivity index (χ3n) is 5.59. The molecule has 10 heteroatoms. The summed E-state index contributed by atoms with van der Waals surface area (Å²) >= 11 is 5.86. The first kappa shape index (κ1) is 26.0. The van der Waals surface area contributed by atoms with Crippen LogP contribution in [0.15, 0.2) is 29.2 Å². The van der Waals surface area contributed by atoms with Crippen LogP contribution in [-0.4, -0.2) is 102 Å². The molecule has 0 saturated carbocycles. The van der Waals surface area contributed by atoms with Crippen LogP contribution >= 0.6 is 11.6 Å². The van der Waals surface area contributed by atoms with Gasteiger partial charge in [0.1, 0.15) is 0 Å². The molecule has 1 amide bonds. The summed E-state index contributed by atoms with van der Waals surface area (Å²) < 4.78 is 38.1. The van der Waals surface area contributed by atoms with E-state index >= 15 is 0 Å². The lowest BCUT2D eigenvalue weighted by Crippen LogP contribution is -2.53. The number of likely N-dealkylation sites (N-methyl/N-ethyl adjacent to an activating group) is 1. The predicted molar refractivity (Wildman–Crippen MR) is 121 cm³/mol. The van der Waals surface area contributed by atoms with Crippen molar-refractivity contribution in [2.75, 3.05) is 60.7 Å². The minimum absolute atomic E-state index is 0.167. The van der Waals surface area contributed by atoms with Crippen molar-refractivity contribution >= 4 is 28.0 Å². The van der Waals surface area contributed by atoms with Gasteiger partial charge in [0, 0.05) is 57.5 Å². The Kier molecular flexibility index (Phi) is 10.7. The average molecular weight is 476 g/mol. The average Bonchev–Trinajstić information content (AvgIpc) is 2.75. The minimum atomic E-state index is -3.61. The van der Waals surface area contributed by atoms with Gasteiger partial charge in [0.2, 0.25) is 16.4 Å². The summed E-state index contributed by atoms with van der Waals surface area (Å²) in [5.74, 6) is 0. The molecule has 0 bridgehead atoms. The van der Waals surface area contributed by atoms with Crippen LogP contribution in [0.1, 0.15) is 19.3 Å². The third-order valence-corrected chi connectivity index (χ3v) is 7.86. The van der Waals surface area contributed by atoms with Crippen molar-refractivity contribution in [2.45, 2.75) is 36.2 Å². The van der Waals surface area contributed by atoms with Crippen molar-refractivity contribution in [3.63, 3.8) is 0 Å². The number of ether oxygens (including phenoxy) is 2. The Bertz CT molecular complexity index is 752. The molecule has 0 aliphatic carbocycles. The zero-order chi connectivity index (χ0) is 22.9. The van der Waals surface area contributed by atoms with E-state index in [-0.39, 0.29) is 17.0 Å². The van der Waals surface area contributed by atoms with Crippen LogP contribution in [-0.2, 0) is 24.3 Å². The summed E-state index contributed by atoms with van der Waals surface area (Å²) in [6, 6.07) is 5.93. The minimum Gasteiger partial charge on any atom is -0.383 e. The fourth-order valence-electron chi connectivity index (χ4n) is 3.89. The number of hydrogen-bond donors (Lipinski definition) is 0. The summed E-state index contributed by atoms with van der Waals surface area (Å²) in [7, 11) is 1.65. The Morgan fingerprint density at radius 3 is 1.97 bits per heavy atom. The molecule has 1 aromatic rings. The number of carbonyl (C=O) groups is 1. The van der Waals surface area contributed by atoms with Gasteiger partial charge in [0.15, 0.2) is 0 Å². The fraction of sp³-hybridized carbons (Fsp3) is 0.667. The van der Waals surface area contributed by atoms with Crippen molar-refractivity contribution in [2.24, 2.45) is 0 Å². The van der Waals surface area contributed by atoms with Gasteiger partial charge in [-0.2, -0.15) is 4.31 Å². The number of carbonyl (C=O) groups excluding carboxylic acids is 1. The van der Waals surface area contributed by atoms with E-state index in [1.54, 1.807) is 47.7 Å². The van der Waals surface area contributed by atoms with Crippen molar-refractivity contribution in [1.82, 2.24) is 14.1 Å². The van der Waals surface area contributed by atoms with E-state index in [4.69, 9.17) is 21.1 Å². The maximum atomic E-state index is 13.0. The summed E-state index contributed by atoms with van der Waals surface area (Å²) in [5.41, 5.74) is 0. The van der Waals surface area contributed by atoms with Crippen LogP contribution < -0.4 is 0 Å². The maximum absolute atomic E-state index is 13.0. The van der Waals surface area contributed by atoms with E-state index in [1.807, 2.05) is 0 Å². The molecule has 2 heterocycles. The molecule has 0 spiro atoms. The summed E-state index contributed by atoms with van der Waals surface area (Å²) in [6.45, 7) is 4.57. The third kappa shape index (κ3) is 7.40. The van der Waals surface area contributed by atoms with Crippen LogP contribution in [0, 0.1) is 0 Å². The monoisotopic (exact) mass is 475 g/mol. The number of benzene rings is 1. The molecule has 8 nitrogen and oxygen atoms in total. The highest BCUT2D eigenvalue weighted by Gasteiger charge is 2.39. The van der Waals surface area contributed by atoms with Crippen LogP contribution in [0.2, 0.25) is 5.02 Å². The Morgan fingerprint density at radius 1 is 1.00 bits per heavy atom. The largest absolute Gasteiger partial charge is 0.383 e. The van der Waals surface area contributed by atoms with E-state index < -0.39 is 10.0 Å². The summed E-state index contributed by atoms with van der Waals surface area (Å²) in [4.78, 5) is 14.5. The van der Waals surface area contributed by atoms with Gasteiger partial charge in [-0.15, -0.1) is 0 Å². The quantitative estimate of drug-likeness (QED) is 0.561. The fourth-order valence-corrected chi connectivity index (χ4v) is 5.86. The van der Waals surface area contributed by atoms with Gasteiger partial charge in [-0.3, -0.25) is 4.79 Å². The highest BCUT2D eigenvalue weighted by Crippen LogP contribution is 2.30. The second-order valence-corrected chi connectivity index (χ2v) is 10.2. The molecule has 2 unspecified atom stereocenters. The predicted octanol–water partition coefficient (Wildman–Crippen LogP) is 1.93. The number of rotatable bonds is 7. The van der Waals surface area contributed by atoms with E-state index in [9.17, 15) is 13.2 Å². The van der Waals surface area contributed by atoms with Gasteiger partial charge >= 0.3 is 0 Å². The first-order valence-electron chi connectivity index (χ1n) is 10.5. The number of methoxy groups -OCH3 is 2. The number of nitrogens with zero attached hydrogens (tertiary/aromatic N) is 3. The lowest BCUT2D eigenvalue weighted by Gasteiger charge is -2.40. The number of halogens is 1. The van der Waals surface area contributed by atoms with Crippen LogP contribution in [0.25, 0.3) is 0 Å². The van der Waals surface area contributed by atoms with E-state index in [1.165, 1.54) is 0 Å². The van der Waals surface area contributed by atoms with E-state index in [0.29, 0.717) is 18.2 Å². The molecule has 0 aromatic heterocycles. The molecule has 0 N–H and O–H groups in total. The summed E-state index contributed by atoms with van der Waals surface area (Å²) in [6.07, 6.45) is 3.48. The molecule has 2 aliphatic heterocycles. The second-order valence-electron chi connectivity index (χ2n) is 7.88. The molecule has 0 radical (unpaired) electrons. The molecule has 3 rings (SSSR count). The first-order chi connectivity index (χ1) is 14.8. The Morgan fingerprint density at radius 2 is 1.52 bits per heavy atom. The molecular weight excluding hydrogens is 442 g/mol. The van der Waals surface area contributed by atoms with Crippen LogP contribution in [0.5, 0.6) is 0 Å². The van der Waals surface area contributed by atoms with Gasteiger partial charge < -0.3 is 19.3 Å². The smallest absolute Gasteiger partial charge is 0.243 e. The standard InChI is InChI=1S/C15H22ClNO4S.C6H12N2O/c1-20-10-13-4-3-5-14(11-21-2)17(13)22(18,19)15-8-6-12(16)7-9-15;1-7-2-4-8(6-9)5-3-7/h6-9,13-14H,3-5,10-11H2,1-2H3;6H,2-5H2,1H3. The number of hydrogen-bond acceptors (Lipinski definition) is 6. The number of piperazine rings is 1. The second kappa shape index (κ2) is 12.7. The normalized spacial score (nSPS) is 23.2. The molecule has 31 heavy (non-hydrogen) atoms. The van der Waals surface area contributed by atoms with Crippen LogP contribution in [0.4, 0.5) is 0 Å². The Labute approximate surface area is 191 Å². The summed E-state index contributed by atoms with van der Waals surface area (Å²) in [5, 5.41) is 0.513. The highest BCUT2D eigenvalue weighted by molar-refractivity contribution is 7.89. The number of amides is 1. The Balaban J connectivity index is 0.000000316. The zero-order valence-electron chi connectivity index (χ0n) is 18.6. The van der Waals surface area contributed by atoms with E-state index in [0.717, 1.165) is 51.9 Å². The highest BCUT2D eigenvalue weighted by atomic mass is 35.5. The SMILES string of the molecule is CN1CCN(C=O)CC1.COCC1CCCC(COC)N1S(=O)(=O)c1ccc(Cl)cc1. The molecule has 2 saturated heterocycles. The van der Waals surface area contributed by atoms with Gasteiger partial charge in [0.05, 0.1) is 18.1 Å². The van der Waals surface area contributed by atoms with Gasteiger partial charge in [-0.05, 0) is 44.2 Å². The molecule has 176 valence electrons. The zero-order valence-corrected chi connectivity index (χ0v) is 20.1. The van der Waals surface area contributed by atoms with Crippen molar-refractivity contribution in [3.05, 3.63) is 29.3 Å². The van der Waals surface area contributed by atoms with Crippen molar-refractivity contribution in [1.29, 1.82) is 0 Å². The van der Waals surface area contributed by atoms with Crippen molar-refractivity contribution in [3.8, 4) is 0 Å². The molecule has 2 aliphatic rings. The van der Waals surface area contributed by atoms with Gasteiger partial charge in [0.25, 0.3) is 0 Å². The van der Waals surface area contributed by atoms with Gasteiger partial charge in [-0.1, -0.05) is 18.0 Å². The first-order valence-corrected chi connectivity index (χ1v) is 12.3. The van der Waals surface area contributed by atoms with Crippen LogP contribution in [0.3, 0.4) is 0 Å².